The minimum atomic E-state index is -0.414. The molecule has 0 saturated carbocycles. The van der Waals surface area contributed by atoms with Crippen molar-refractivity contribution < 1.29 is 14.4 Å². The van der Waals surface area contributed by atoms with Crippen LogP contribution in [0.2, 0.25) is 5.02 Å². The molecule has 9 heteroatoms. The fourth-order valence-electron chi connectivity index (χ4n) is 3.11. The Labute approximate surface area is 184 Å². The summed E-state index contributed by atoms with van der Waals surface area (Å²) in [6.07, 6.45) is 0.823. The van der Waals surface area contributed by atoms with Gasteiger partial charge in [-0.25, -0.2) is 4.98 Å². The summed E-state index contributed by atoms with van der Waals surface area (Å²) < 4.78 is 10.7. The highest BCUT2D eigenvalue weighted by atomic mass is 35.5. The molecule has 0 N–H and O–H groups in total. The molecule has 0 radical (unpaired) electrons. The Hall–Kier alpha value is -2.84. The van der Waals surface area contributed by atoms with Gasteiger partial charge in [0.15, 0.2) is 5.13 Å². The van der Waals surface area contributed by atoms with Gasteiger partial charge in [0.2, 0.25) is 0 Å². The van der Waals surface area contributed by atoms with E-state index < -0.39 is 4.92 Å². The zero-order valence-electron chi connectivity index (χ0n) is 17.1. The molecule has 0 aliphatic rings. The number of hydrogen-bond acceptors (Lipinski definition) is 7. The molecule has 1 heterocycles. The van der Waals surface area contributed by atoms with Gasteiger partial charge in [-0.2, -0.15) is 0 Å². The molecule has 0 bridgehead atoms. The van der Waals surface area contributed by atoms with Crippen molar-refractivity contribution in [3.8, 4) is 22.8 Å². The number of halogens is 1. The Morgan fingerprint density at radius 3 is 2.57 bits per heavy atom. The lowest BCUT2D eigenvalue weighted by atomic mass is 10.1. The van der Waals surface area contributed by atoms with Crippen LogP contribution in [0.15, 0.2) is 36.4 Å². The lowest BCUT2D eigenvalue weighted by molar-refractivity contribution is -0.384. The third-order valence-electron chi connectivity index (χ3n) is 4.56. The summed E-state index contributed by atoms with van der Waals surface area (Å²) in [7, 11) is 3.14. The van der Waals surface area contributed by atoms with E-state index in [4.69, 9.17) is 26.1 Å². The molecule has 0 atom stereocenters. The van der Waals surface area contributed by atoms with E-state index in [1.54, 1.807) is 26.4 Å². The molecular formula is C21H22ClN3O4S. The van der Waals surface area contributed by atoms with Crippen molar-refractivity contribution in [2.45, 2.75) is 20.3 Å². The van der Waals surface area contributed by atoms with Gasteiger partial charge in [-0.15, -0.1) is 11.3 Å². The number of non-ortho nitro benzene ring substituents is 1. The van der Waals surface area contributed by atoms with E-state index in [1.807, 2.05) is 30.9 Å². The van der Waals surface area contributed by atoms with Gasteiger partial charge in [0.1, 0.15) is 11.5 Å². The summed E-state index contributed by atoms with van der Waals surface area (Å²) in [6.45, 7) is 4.64. The maximum atomic E-state index is 11.3. The Balaban J connectivity index is 2.10. The molecular weight excluding hydrogens is 426 g/mol. The fraction of sp³-hybridized carbons (Fsp3) is 0.286. The number of nitrogens with zero attached hydrogens (tertiary/aromatic N) is 3. The van der Waals surface area contributed by atoms with Crippen molar-refractivity contribution in [3.05, 3.63) is 56.4 Å². The van der Waals surface area contributed by atoms with Crippen LogP contribution in [-0.4, -0.2) is 30.7 Å². The Bertz CT molecular complexity index is 1070. The van der Waals surface area contributed by atoms with Gasteiger partial charge < -0.3 is 14.4 Å². The van der Waals surface area contributed by atoms with Gasteiger partial charge in [0, 0.05) is 29.1 Å². The molecule has 3 aromatic rings. The molecule has 7 nitrogen and oxygen atoms in total. The molecule has 0 amide bonds. The summed E-state index contributed by atoms with van der Waals surface area (Å²) in [6, 6.07) is 10.0. The summed E-state index contributed by atoms with van der Waals surface area (Å²) in [5, 5.41) is 12.6. The number of hydrogen-bond donors (Lipinski definition) is 0. The van der Waals surface area contributed by atoms with Gasteiger partial charge in [-0.1, -0.05) is 18.5 Å². The highest BCUT2D eigenvalue weighted by molar-refractivity contribution is 7.16. The summed E-state index contributed by atoms with van der Waals surface area (Å²) in [4.78, 5) is 18.7. The van der Waals surface area contributed by atoms with Crippen molar-refractivity contribution in [3.63, 3.8) is 0 Å². The second-order valence-electron chi connectivity index (χ2n) is 6.51. The quantitative estimate of drug-likeness (QED) is 0.300. The second-order valence-corrected chi connectivity index (χ2v) is 8.10. The van der Waals surface area contributed by atoms with Crippen LogP contribution in [0.1, 0.15) is 18.2 Å². The Kier molecular flexibility index (Phi) is 6.79. The van der Waals surface area contributed by atoms with Gasteiger partial charge in [-0.3, -0.25) is 10.1 Å². The first-order valence-electron chi connectivity index (χ1n) is 9.30. The molecule has 2 aromatic carbocycles. The molecule has 30 heavy (non-hydrogen) atoms. The lowest BCUT2D eigenvalue weighted by Crippen LogP contribution is -2.18. The van der Waals surface area contributed by atoms with Crippen LogP contribution in [0.5, 0.6) is 11.5 Å². The standard InChI is InChI=1S/C21H22ClN3O4S/c1-5-10-24(18-11-14(25(26)27)6-9-19(18)29-4)21-23-20(13(2)30-21)16-8-7-15(28-3)12-17(16)22/h6-9,11-12H,5,10H2,1-4H3. The summed E-state index contributed by atoms with van der Waals surface area (Å²) >= 11 is 7.96. The monoisotopic (exact) mass is 447 g/mol. The van der Waals surface area contributed by atoms with E-state index in [2.05, 4.69) is 0 Å². The first kappa shape index (κ1) is 21.9. The largest absolute Gasteiger partial charge is 0.497 e. The second kappa shape index (κ2) is 9.32. The van der Waals surface area contributed by atoms with E-state index >= 15 is 0 Å². The molecule has 158 valence electrons. The topological polar surface area (TPSA) is 77.7 Å². The molecule has 1 aromatic heterocycles. The van der Waals surface area contributed by atoms with Crippen LogP contribution in [0.3, 0.4) is 0 Å². The minimum absolute atomic E-state index is 0.00129. The Morgan fingerprint density at radius 2 is 1.97 bits per heavy atom. The summed E-state index contributed by atoms with van der Waals surface area (Å²) in [5.74, 6) is 1.22. The maximum Gasteiger partial charge on any atom is 0.271 e. The molecule has 0 aliphatic carbocycles. The number of nitro groups is 1. The van der Waals surface area contributed by atoms with Crippen LogP contribution < -0.4 is 14.4 Å². The smallest absolute Gasteiger partial charge is 0.271 e. The van der Waals surface area contributed by atoms with Crippen LogP contribution in [0.25, 0.3) is 11.3 Å². The van der Waals surface area contributed by atoms with Crippen LogP contribution >= 0.6 is 22.9 Å². The molecule has 0 aliphatic heterocycles. The minimum Gasteiger partial charge on any atom is -0.497 e. The molecule has 0 spiro atoms. The number of nitro benzene ring substituents is 1. The maximum absolute atomic E-state index is 11.3. The fourth-order valence-corrected chi connectivity index (χ4v) is 4.33. The normalized spacial score (nSPS) is 10.7. The number of benzene rings is 2. The molecule has 0 unspecified atom stereocenters. The van der Waals surface area contributed by atoms with Crippen LogP contribution in [0.4, 0.5) is 16.5 Å². The Morgan fingerprint density at radius 1 is 1.20 bits per heavy atom. The van der Waals surface area contributed by atoms with Crippen molar-refractivity contribution in [1.29, 1.82) is 0 Å². The zero-order valence-corrected chi connectivity index (χ0v) is 18.7. The number of anilines is 2. The number of ether oxygens (including phenoxy) is 2. The van der Waals surface area contributed by atoms with Gasteiger partial charge in [0.05, 0.1) is 35.5 Å². The number of aromatic nitrogens is 1. The van der Waals surface area contributed by atoms with Gasteiger partial charge >= 0.3 is 0 Å². The predicted octanol–water partition coefficient (Wildman–Crippen LogP) is 6.25. The van der Waals surface area contributed by atoms with Crippen molar-refractivity contribution >= 4 is 39.4 Å². The van der Waals surface area contributed by atoms with Gasteiger partial charge in [0.25, 0.3) is 5.69 Å². The van der Waals surface area contributed by atoms with E-state index in [1.165, 1.54) is 23.5 Å². The zero-order chi connectivity index (χ0) is 21.8. The molecule has 3 rings (SSSR count). The average molecular weight is 448 g/mol. The van der Waals surface area contributed by atoms with Crippen molar-refractivity contribution in [2.24, 2.45) is 0 Å². The van der Waals surface area contributed by atoms with Crippen LogP contribution in [0, 0.1) is 17.0 Å². The number of thiazole rings is 1. The third-order valence-corrected chi connectivity index (χ3v) is 5.87. The SMILES string of the molecule is CCCN(c1nc(-c2ccc(OC)cc2Cl)c(C)s1)c1cc([N+](=O)[O-])ccc1OC. The molecule has 0 fully saturated rings. The number of rotatable bonds is 8. The summed E-state index contributed by atoms with van der Waals surface area (Å²) in [5.41, 5.74) is 2.18. The third kappa shape index (κ3) is 4.34. The number of aryl methyl sites for hydroxylation is 1. The number of methoxy groups -OCH3 is 2. The van der Waals surface area contributed by atoms with E-state index in [-0.39, 0.29) is 5.69 Å². The van der Waals surface area contributed by atoms with Crippen molar-refractivity contribution in [1.82, 2.24) is 4.98 Å². The van der Waals surface area contributed by atoms with E-state index in [0.29, 0.717) is 28.8 Å². The van der Waals surface area contributed by atoms with Crippen molar-refractivity contribution in [2.75, 3.05) is 25.7 Å². The van der Waals surface area contributed by atoms with E-state index in [0.717, 1.165) is 27.7 Å². The highest BCUT2D eigenvalue weighted by Crippen LogP contribution is 2.42. The molecule has 0 saturated heterocycles. The first-order valence-corrected chi connectivity index (χ1v) is 10.5. The highest BCUT2D eigenvalue weighted by Gasteiger charge is 2.22. The van der Waals surface area contributed by atoms with Crippen LogP contribution in [-0.2, 0) is 0 Å². The predicted molar refractivity (Wildman–Crippen MR) is 121 cm³/mol. The average Bonchev–Trinajstić information content (AvgIpc) is 3.12. The lowest BCUT2D eigenvalue weighted by Gasteiger charge is -2.23. The first-order chi connectivity index (χ1) is 14.4. The van der Waals surface area contributed by atoms with E-state index in [9.17, 15) is 10.1 Å². The van der Waals surface area contributed by atoms with Gasteiger partial charge in [-0.05, 0) is 37.6 Å².